The number of nitrogens with two attached hydrogens (primary N) is 1. The normalized spacial score (nSPS) is 16.5. The smallest absolute Gasteiger partial charge is 0.00469 e. The van der Waals surface area contributed by atoms with Crippen LogP contribution in [0, 0.1) is 12.8 Å². The van der Waals surface area contributed by atoms with Gasteiger partial charge in [-0.15, -0.1) is 0 Å². The van der Waals surface area contributed by atoms with Gasteiger partial charge in [0.15, 0.2) is 0 Å². The summed E-state index contributed by atoms with van der Waals surface area (Å²) in [7, 11) is 0. The summed E-state index contributed by atoms with van der Waals surface area (Å²) in [5.74, 6) is 0.836. The van der Waals surface area contributed by atoms with Gasteiger partial charge >= 0.3 is 0 Å². The summed E-state index contributed by atoms with van der Waals surface area (Å²) in [6.07, 6.45) is 6.99. The van der Waals surface area contributed by atoms with Crippen molar-refractivity contribution in [2.24, 2.45) is 11.7 Å². The average Bonchev–Trinajstić information content (AvgIpc) is 2.30. The topological polar surface area (TPSA) is 26.0 Å². The van der Waals surface area contributed by atoms with E-state index in [0.29, 0.717) is 5.41 Å². The number of aryl methyl sites for hydroxylation is 1. The highest BCUT2D eigenvalue weighted by Crippen LogP contribution is 2.47. The van der Waals surface area contributed by atoms with Crippen molar-refractivity contribution in [2.45, 2.75) is 65.2 Å². The van der Waals surface area contributed by atoms with Crippen LogP contribution in [-0.4, -0.2) is 6.54 Å². The molecule has 1 aromatic carbocycles. The van der Waals surface area contributed by atoms with Crippen molar-refractivity contribution in [3.05, 3.63) is 35.4 Å². The molecule has 0 amide bonds. The lowest BCUT2D eigenvalue weighted by Crippen LogP contribution is -2.34. The highest BCUT2D eigenvalue weighted by atomic mass is 14.5. The molecule has 0 radical (unpaired) electrons. The Morgan fingerprint density at radius 1 is 1.16 bits per heavy atom. The van der Waals surface area contributed by atoms with Gasteiger partial charge in [-0.3, -0.25) is 0 Å². The van der Waals surface area contributed by atoms with Crippen molar-refractivity contribution < 1.29 is 0 Å². The van der Waals surface area contributed by atoms with E-state index in [0.717, 1.165) is 12.5 Å². The SMILES string of the molecule is CCN.Cc1ccc(C2(CCC(C)C)CCC2)cc1. The molecule has 2 N–H and O–H groups in total. The summed E-state index contributed by atoms with van der Waals surface area (Å²) in [4.78, 5) is 0. The highest BCUT2D eigenvalue weighted by molar-refractivity contribution is 5.30. The third-order valence-electron chi connectivity index (χ3n) is 4.17. The van der Waals surface area contributed by atoms with E-state index in [1.807, 2.05) is 6.92 Å². The van der Waals surface area contributed by atoms with Gasteiger partial charge in [0.25, 0.3) is 0 Å². The van der Waals surface area contributed by atoms with Gasteiger partial charge in [0.2, 0.25) is 0 Å². The number of hydrogen-bond acceptors (Lipinski definition) is 1. The minimum Gasteiger partial charge on any atom is -0.331 e. The second kappa shape index (κ2) is 7.69. The highest BCUT2D eigenvalue weighted by Gasteiger charge is 2.37. The first-order chi connectivity index (χ1) is 9.04. The second-order valence-corrected chi connectivity index (χ2v) is 6.34. The van der Waals surface area contributed by atoms with Crippen LogP contribution in [0.15, 0.2) is 24.3 Å². The van der Waals surface area contributed by atoms with E-state index in [-0.39, 0.29) is 0 Å². The van der Waals surface area contributed by atoms with Gasteiger partial charge in [0, 0.05) is 0 Å². The van der Waals surface area contributed by atoms with Crippen molar-refractivity contribution in [1.29, 1.82) is 0 Å². The molecule has 1 aliphatic carbocycles. The van der Waals surface area contributed by atoms with Crippen LogP contribution >= 0.6 is 0 Å². The number of hydrogen-bond donors (Lipinski definition) is 1. The maximum absolute atomic E-state index is 4.85. The van der Waals surface area contributed by atoms with Gasteiger partial charge in [-0.1, -0.05) is 63.4 Å². The fourth-order valence-electron chi connectivity index (χ4n) is 2.76. The van der Waals surface area contributed by atoms with Crippen LogP contribution in [0.25, 0.3) is 0 Å². The lowest BCUT2D eigenvalue weighted by atomic mass is 9.61. The average molecular weight is 261 g/mol. The van der Waals surface area contributed by atoms with E-state index < -0.39 is 0 Å². The summed E-state index contributed by atoms with van der Waals surface area (Å²) in [6, 6.07) is 9.25. The third kappa shape index (κ3) is 4.65. The fraction of sp³-hybridized carbons (Fsp3) is 0.667. The summed E-state index contributed by atoms with van der Waals surface area (Å²) in [6.45, 7) is 9.49. The molecule has 0 aromatic heterocycles. The largest absolute Gasteiger partial charge is 0.331 e. The monoisotopic (exact) mass is 261 g/mol. The van der Waals surface area contributed by atoms with Crippen LogP contribution in [0.2, 0.25) is 0 Å². The maximum atomic E-state index is 4.85. The Kier molecular flexibility index (Phi) is 6.57. The lowest BCUT2D eigenvalue weighted by Gasteiger charge is -2.43. The molecule has 1 nitrogen and oxygen atoms in total. The second-order valence-electron chi connectivity index (χ2n) is 6.34. The minimum atomic E-state index is 0.540. The first-order valence-corrected chi connectivity index (χ1v) is 7.81. The van der Waals surface area contributed by atoms with E-state index in [1.54, 1.807) is 5.56 Å². The Bertz CT molecular complexity index is 346. The molecule has 19 heavy (non-hydrogen) atoms. The Morgan fingerprint density at radius 3 is 2.05 bits per heavy atom. The molecule has 1 aliphatic rings. The molecular formula is C18H31N. The molecule has 0 heterocycles. The molecule has 1 saturated carbocycles. The zero-order valence-electron chi connectivity index (χ0n) is 13.2. The number of benzene rings is 1. The van der Waals surface area contributed by atoms with Gasteiger partial charge in [-0.2, -0.15) is 0 Å². The summed E-state index contributed by atoms with van der Waals surface area (Å²) in [5, 5.41) is 0. The van der Waals surface area contributed by atoms with Crippen molar-refractivity contribution in [3.63, 3.8) is 0 Å². The minimum absolute atomic E-state index is 0.540. The molecule has 1 aromatic rings. The third-order valence-corrected chi connectivity index (χ3v) is 4.17. The summed E-state index contributed by atoms with van der Waals surface area (Å²) >= 11 is 0. The molecule has 1 heteroatoms. The first kappa shape index (κ1) is 16.2. The predicted molar refractivity (Wildman–Crippen MR) is 85.5 cm³/mol. The summed E-state index contributed by atoms with van der Waals surface area (Å²) < 4.78 is 0. The summed E-state index contributed by atoms with van der Waals surface area (Å²) in [5.41, 5.74) is 8.35. The fourth-order valence-corrected chi connectivity index (χ4v) is 2.76. The molecule has 108 valence electrons. The van der Waals surface area contributed by atoms with E-state index in [4.69, 9.17) is 5.73 Å². The predicted octanol–water partition coefficient (Wildman–Crippen LogP) is 4.82. The van der Waals surface area contributed by atoms with Crippen LogP contribution in [0.3, 0.4) is 0 Å². The van der Waals surface area contributed by atoms with E-state index in [1.165, 1.54) is 37.7 Å². The molecule has 0 unspecified atom stereocenters. The van der Waals surface area contributed by atoms with E-state index in [2.05, 4.69) is 45.0 Å². The molecule has 1 fully saturated rings. The van der Waals surface area contributed by atoms with Crippen molar-refractivity contribution in [3.8, 4) is 0 Å². The molecule has 0 atom stereocenters. The van der Waals surface area contributed by atoms with E-state index >= 15 is 0 Å². The molecule has 2 rings (SSSR count). The first-order valence-electron chi connectivity index (χ1n) is 7.81. The Hall–Kier alpha value is -0.820. The quantitative estimate of drug-likeness (QED) is 0.826. The molecule has 0 saturated heterocycles. The van der Waals surface area contributed by atoms with Crippen LogP contribution in [-0.2, 0) is 5.41 Å². The molecule has 0 bridgehead atoms. The number of rotatable bonds is 4. The van der Waals surface area contributed by atoms with Gasteiger partial charge < -0.3 is 5.73 Å². The van der Waals surface area contributed by atoms with Gasteiger partial charge in [-0.25, -0.2) is 0 Å². The van der Waals surface area contributed by atoms with Crippen LogP contribution in [0.5, 0.6) is 0 Å². The standard InChI is InChI=1S/C16H24.C2H7N/c1-13(2)9-12-16(10-4-11-16)15-7-5-14(3)6-8-15;1-2-3/h5-8,13H,4,9-12H2,1-3H3;2-3H2,1H3. The van der Waals surface area contributed by atoms with Crippen LogP contribution in [0.4, 0.5) is 0 Å². The molecule has 0 aliphatic heterocycles. The van der Waals surface area contributed by atoms with Crippen LogP contribution < -0.4 is 5.73 Å². The maximum Gasteiger partial charge on any atom is -0.00469 e. The Balaban J connectivity index is 0.000000550. The molecular weight excluding hydrogens is 230 g/mol. The van der Waals surface area contributed by atoms with Gasteiger partial charge in [0.1, 0.15) is 0 Å². The van der Waals surface area contributed by atoms with E-state index in [9.17, 15) is 0 Å². The van der Waals surface area contributed by atoms with Crippen molar-refractivity contribution in [1.82, 2.24) is 0 Å². The lowest BCUT2D eigenvalue weighted by molar-refractivity contribution is 0.211. The van der Waals surface area contributed by atoms with Crippen molar-refractivity contribution in [2.75, 3.05) is 6.54 Å². The zero-order chi connectivity index (χ0) is 14.3. The van der Waals surface area contributed by atoms with Gasteiger partial charge in [-0.05, 0) is 49.6 Å². The Morgan fingerprint density at radius 2 is 1.68 bits per heavy atom. The Labute approximate surface area is 119 Å². The van der Waals surface area contributed by atoms with Gasteiger partial charge in [0.05, 0.1) is 0 Å². The zero-order valence-corrected chi connectivity index (χ0v) is 13.2. The van der Waals surface area contributed by atoms with Crippen molar-refractivity contribution >= 4 is 0 Å². The van der Waals surface area contributed by atoms with Crippen LogP contribution in [0.1, 0.15) is 64.0 Å². The molecule has 0 spiro atoms.